The Labute approximate surface area is 211 Å². The predicted molar refractivity (Wildman–Crippen MR) is 138 cm³/mol. The molecule has 1 unspecified atom stereocenters. The quantitative estimate of drug-likeness (QED) is 0.365. The zero-order valence-electron chi connectivity index (χ0n) is 19.7. The molecule has 5 aromatic rings. The number of hydrogen-bond acceptors (Lipinski definition) is 9. The Morgan fingerprint density at radius 1 is 1.08 bits per heavy atom. The minimum absolute atomic E-state index is 0.182. The second-order valence-electron chi connectivity index (χ2n) is 8.62. The van der Waals surface area contributed by atoms with E-state index in [1.165, 1.54) is 6.33 Å². The summed E-state index contributed by atoms with van der Waals surface area (Å²) in [6, 6.07) is 11.4. The summed E-state index contributed by atoms with van der Waals surface area (Å²) >= 11 is 6.57. The minimum Gasteiger partial charge on any atom is -0.456 e. The van der Waals surface area contributed by atoms with E-state index in [1.807, 2.05) is 41.9 Å². The molecule has 11 heteroatoms. The van der Waals surface area contributed by atoms with Crippen molar-refractivity contribution in [3.8, 4) is 11.5 Å². The van der Waals surface area contributed by atoms with E-state index in [9.17, 15) is 0 Å². The Morgan fingerprint density at radius 2 is 2.00 bits per heavy atom. The monoisotopic (exact) mass is 502 g/mol. The molecule has 1 aliphatic heterocycles. The molecule has 1 fully saturated rings. The number of aromatic nitrogens is 6. The molecule has 0 radical (unpaired) electrons. The molecular formula is C25H23ClN8O2. The third-order valence-corrected chi connectivity index (χ3v) is 6.40. The number of ether oxygens (including phenoxy) is 2. The van der Waals surface area contributed by atoms with E-state index in [4.69, 9.17) is 26.1 Å². The van der Waals surface area contributed by atoms with Crippen LogP contribution in [0.1, 0.15) is 6.92 Å². The molecule has 0 amide bonds. The van der Waals surface area contributed by atoms with Crippen molar-refractivity contribution < 1.29 is 9.47 Å². The van der Waals surface area contributed by atoms with Crippen LogP contribution in [0.5, 0.6) is 11.5 Å². The summed E-state index contributed by atoms with van der Waals surface area (Å²) in [7, 11) is 1.95. The molecule has 0 aliphatic carbocycles. The van der Waals surface area contributed by atoms with Gasteiger partial charge in [-0.05, 0) is 37.3 Å². The van der Waals surface area contributed by atoms with Crippen molar-refractivity contribution >= 4 is 51.1 Å². The Hall–Kier alpha value is -4.02. The van der Waals surface area contributed by atoms with Crippen molar-refractivity contribution in [3.05, 3.63) is 60.3 Å². The molecule has 0 bridgehead atoms. The third-order valence-electron chi connectivity index (χ3n) is 6.11. The topological polar surface area (TPSA) is 103 Å². The van der Waals surface area contributed by atoms with Crippen molar-refractivity contribution in [2.75, 3.05) is 30.0 Å². The van der Waals surface area contributed by atoms with Crippen LogP contribution in [0.3, 0.4) is 0 Å². The molecule has 3 aromatic heterocycles. The van der Waals surface area contributed by atoms with Gasteiger partial charge in [0.1, 0.15) is 28.9 Å². The summed E-state index contributed by atoms with van der Waals surface area (Å²) in [5.41, 5.74) is 3.90. The number of halogens is 1. The van der Waals surface area contributed by atoms with Gasteiger partial charge in [-0.1, -0.05) is 11.6 Å². The van der Waals surface area contributed by atoms with E-state index >= 15 is 0 Å². The number of morpholine rings is 1. The molecule has 36 heavy (non-hydrogen) atoms. The maximum Gasteiger partial charge on any atom is 0.226 e. The average molecular weight is 503 g/mol. The fourth-order valence-electron chi connectivity index (χ4n) is 4.20. The highest BCUT2D eigenvalue weighted by Crippen LogP contribution is 2.34. The van der Waals surface area contributed by atoms with Gasteiger partial charge in [-0.3, -0.25) is 0 Å². The highest BCUT2D eigenvalue weighted by Gasteiger charge is 2.22. The standard InChI is InChI=1S/C25H23ClN8O2/c1-15-12-35-8-7-34(15)25-27-11-20-23(32-25)24(29-13-28-20)31-16-3-6-22(18(26)9-16)36-17-4-5-21-19(10-17)30-14-33(21)2/h3-6,9-11,13-15H,7-8,12H2,1-2H3,(H,28,29,31). The lowest BCUT2D eigenvalue weighted by Gasteiger charge is -2.33. The van der Waals surface area contributed by atoms with Crippen LogP contribution in [0.15, 0.2) is 55.2 Å². The molecule has 1 atom stereocenters. The Bertz CT molecular complexity index is 1570. The van der Waals surface area contributed by atoms with E-state index in [2.05, 4.69) is 37.1 Å². The van der Waals surface area contributed by atoms with Crippen LogP contribution in [-0.4, -0.2) is 55.3 Å². The molecule has 1 saturated heterocycles. The fraction of sp³-hybridized carbons (Fsp3) is 0.240. The lowest BCUT2D eigenvalue weighted by Crippen LogP contribution is -2.44. The molecule has 0 saturated carbocycles. The van der Waals surface area contributed by atoms with Gasteiger partial charge in [-0.2, -0.15) is 0 Å². The van der Waals surface area contributed by atoms with Gasteiger partial charge in [0.05, 0.1) is 47.8 Å². The minimum atomic E-state index is 0.182. The number of nitrogens with one attached hydrogen (secondary N) is 1. The summed E-state index contributed by atoms with van der Waals surface area (Å²) in [5, 5.41) is 3.77. The van der Waals surface area contributed by atoms with Crippen LogP contribution in [-0.2, 0) is 11.8 Å². The normalized spacial score (nSPS) is 16.0. The van der Waals surface area contributed by atoms with Gasteiger partial charge in [0.2, 0.25) is 5.95 Å². The van der Waals surface area contributed by atoms with Gasteiger partial charge in [0.15, 0.2) is 5.82 Å². The summed E-state index contributed by atoms with van der Waals surface area (Å²) in [4.78, 5) is 24.5. The van der Waals surface area contributed by atoms with Crippen molar-refractivity contribution in [1.29, 1.82) is 0 Å². The molecular weight excluding hydrogens is 480 g/mol. The number of hydrogen-bond donors (Lipinski definition) is 1. The Kier molecular flexibility index (Phi) is 5.74. The molecule has 1 N–H and O–H groups in total. The molecule has 1 aliphatic rings. The number of anilines is 3. The summed E-state index contributed by atoms with van der Waals surface area (Å²) in [6.07, 6.45) is 4.97. The molecule has 0 spiro atoms. The maximum atomic E-state index is 6.57. The van der Waals surface area contributed by atoms with Gasteiger partial charge in [-0.15, -0.1) is 0 Å². The first-order valence-electron chi connectivity index (χ1n) is 11.5. The molecule has 182 valence electrons. The third kappa shape index (κ3) is 4.25. The van der Waals surface area contributed by atoms with E-state index in [-0.39, 0.29) is 6.04 Å². The second-order valence-corrected chi connectivity index (χ2v) is 9.03. The van der Waals surface area contributed by atoms with Gasteiger partial charge >= 0.3 is 0 Å². The lowest BCUT2D eigenvalue weighted by atomic mass is 10.2. The first kappa shape index (κ1) is 22.4. The van der Waals surface area contributed by atoms with E-state index in [1.54, 1.807) is 18.6 Å². The highest BCUT2D eigenvalue weighted by molar-refractivity contribution is 6.32. The molecule has 10 nitrogen and oxygen atoms in total. The maximum absolute atomic E-state index is 6.57. The van der Waals surface area contributed by atoms with E-state index in [0.717, 1.165) is 23.3 Å². The molecule has 6 rings (SSSR count). The molecule has 4 heterocycles. The largest absolute Gasteiger partial charge is 0.456 e. The molecule has 2 aromatic carbocycles. The number of imidazole rings is 1. The van der Waals surface area contributed by atoms with Crippen LogP contribution in [0.2, 0.25) is 5.02 Å². The Morgan fingerprint density at radius 3 is 2.86 bits per heavy atom. The van der Waals surface area contributed by atoms with Crippen LogP contribution >= 0.6 is 11.6 Å². The highest BCUT2D eigenvalue weighted by atomic mass is 35.5. The number of aryl methyl sites for hydroxylation is 1. The summed E-state index contributed by atoms with van der Waals surface area (Å²) in [5.74, 6) is 2.39. The van der Waals surface area contributed by atoms with E-state index < -0.39 is 0 Å². The van der Waals surface area contributed by atoms with Gasteiger partial charge in [0, 0.05) is 25.3 Å². The summed E-state index contributed by atoms with van der Waals surface area (Å²) < 4.78 is 13.5. The van der Waals surface area contributed by atoms with E-state index in [0.29, 0.717) is 52.5 Å². The SMILES string of the molecule is CC1COCCN1c1ncc2ncnc(Nc3ccc(Oc4ccc5c(c4)ncn5C)c(Cl)c3)c2n1. The van der Waals surface area contributed by atoms with Gasteiger partial charge in [-0.25, -0.2) is 24.9 Å². The number of fused-ring (bicyclic) bond motifs is 2. The van der Waals surface area contributed by atoms with Crippen LogP contribution in [0.4, 0.5) is 17.5 Å². The number of nitrogens with zero attached hydrogens (tertiary/aromatic N) is 7. The van der Waals surface area contributed by atoms with Crippen LogP contribution < -0.4 is 15.0 Å². The predicted octanol–water partition coefficient (Wildman–Crippen LogP) is 4.72. The zero-order chi connectivity index (χ0) is 24.6. The average Bonchev–Trinajstić information content (AvgIpc) is 3.26. The van der Waals surface area contributed by atoms with Gasteiger partial charge in [0.25, 0.3) is 0 Å². The smallest absolute Gasteiger partial charge is 0.226 e. The van der Waals surface area contributed by atoms with Crippen LogP contribution in [0, 0.1) is 0 Å². The fourth-order valence-corrected chi connectivity index (χ4v) is 4.42. The lowest BCUT2D eigenvalue weighted by molar-refractivity contribution is 0.0981. The van der Waals surface area contributed by atoms with Crippen molar-refractivity contribution in [2.24, 2.45) is 7.05 Å². The van der Waals surface area contributed by atoms with Crippen molar-refractivity contribution in [3.63, 3.8) is 0 Å². The second kappa shape index (κ2) is 9.21. The number of benzene rings is 2. The number of rotatable bonds is 5. The van der Waals surface area contributed by atoms with Crippen molar-refractivity contribution in [1.82, 2.24) is 29.5 Å². The summed E-state index contributed by atoms with van der Waals surface area (Å²) in [6.45, 7) is 4.10. The first-order chi connectivity index (χ1) is 17.5. The zero-order valence-corrected chi connectivity index (χ0v) is 20.5. The van der Waals surface area contributed by atoms with Gasteiger partial charge < -0.3 is 24.3 Å². The first-order valence-corrected chi connectivity index (χ1v) is 11.9. The van der Waals surface area contributed by atoms with Crippen molar-refractivity contribution in [2.45, 2.75) is 13.0 Å². The Balaban J connectivity index is 1.25. The van der Waals surface area contributed by atoms with Crippen LogP contribution in [0.25, 0.3) is 22.1 Å².